The number of nitrogens with zero attached hydrogens (tertiary/aromatic N) is 4. The molecule has 0 spiro atoms. The van der Waals surface area contributed by atoms with Gasteiger partial charge in [0.2, 0.25) is 11.1 Å². The molecule has 0 radical (unpaired) electrons. The van der Waals surface area contributed by atoms with Gasteiger partial charge in [0.05, 0.1) is 17.9 Å². The first-order valence-electron chi connectivity index (χ1n) is 10.00. The predicted octanol–water partition coefficient (Wildman–Crippen LogP) is 3.97. The number of ether oxygens (including phenoxy) is 1. The van der Waals surface area contributed by atoms with Crippen LogP contribution in [0.5, 0.6) is 0 Å². The summed E-state index contributed by atoms with van der Waals surface area (Å²) in [6.07, 6.45) is 3.79. The maximum Gasteiger partial charge on any atom is 0.338 e. The second-order valence-corrected chi connectivity index (χ2v) is 7.62. The summed E-state index contributed by atoms with van der Waals surface area (Å²) in [6, 6.07) is 20.2. The van der Waals surface area contributed by atoms with E-state index in [1.807, 2.05) is 64.2 Å². The van der Waals surface area contributed by atoms with Gasteiger partial charge in [-0.3, -0.25) is 9.47 Å². The Labute approximate surface area is 189 Å². The Balaban J connectivity index is 1.45. The van der Waals surface area contributed by atoms with Crippen molar-refractivity contribution in [3.63, 3.8) is 0 Å². The quantitative estimate of drug-likeness (QED) is 0.325. The average molecular weight is 448 g/mol. The van der Waals surface area contributed by atoms with Crippen LogP contribution in [0.3, 0.4) is 0 Å². The molecule has 9 heteroatoms. The number of aromatic nitrogens is 4. The van der Waals surface area contributed by atoms with Crippen LogP contribution >= 0.6 is 11.8 Å². The van der Waals surface area contributed by atoms with Gasteiger partial charge in [-0.25, -0.2) is 9.47 Å². The summed E-state index contributed by atoms with van der Waals surface area (Å²) >= 11 is 1.29. The number of hydrogen-bond acceptors (Lipinski definition) is 6. The molecule has 1 amide bonds. The van der Waals surface area contributed by atoms with Crippen molar-refractivity contribution in [1.82, 2.24) is 19.5 Å². The van der Waals surface area contributed by atoms with Crippen molar-refractivity contribution in [3.05, 3.63) is 84.7 Å². The van der Waals surface area contributed by atoms with Gasteiger partial charge in [-0.15, -0.1) is 10.2 Å². The molecule has 32 heavy (non-hydrogen) atoms. The van der Waals surface area contributed by atoms with Gasteiger partial charge in [0.1, 0.15) is 0 Å². The fourth-order valence-electron chi connectivity index (χ4n) is 3.02. The van der Waals surface area contributed by atoms with Crippen LogP contribution in [0.2, 0.25) is 0 Å². The Kier molecular flexibility index (Phi) is 6.66. The molecular weight excluding hydrogens is 426 g/mol. The van der Waals surface area contributed by atoms with Crippen LogP contribution in [-0.2, 0) is 9.53 Å². The highest BCUT2D eigenvalue weighted by Crippen LogP contribution is 2.24. The summed E-state index contributed by atoms with van der Waals surface area (Å²) in [7, 11) is 0. The molecule has 0 bridgehead atoms. The molecule has 2 aromatic carbocycles. The summed E-state index contributed by atoms with van der Waals surface area (Å²) in [6.45, 7) is 2.07. The van der Waals surface area contributed by atoms with E-state index in [4.69, 9.17) is 4.74 Å². The van der Waals surface area contributed by atoms with Gasteiger partial charge in [-0.05, 0) is 43.3 Å². The first kappa shape index (κ1) is 21.4. The molecule has 0 unspecified atom stereocenters. The van der Waals surface area contributed by atoms with Gasteiger partial charge in [-0.1, -0.05) is 42.1 Å². The lowest BCUT2D eigenvalue weighted by atomic mass is 10.2. The number of carbonyl (C=O) groups excluding carboxylic acids is 2. The fraction of sp³-hybridized carbons (Fsp3) is 0.130. The number of carbonyl (C=O) groups is 2. The molecular formula is C23H21N5O3S. The zero-order valence-corrected chi connectivity index (χ0v) is 18.2. The number of thioether (sulfide) groups is 1. The topological polar surface area (TPSA) is 91.0 Å². The Hall–Kier alpha value is -3.85. The zero-order valence-electron chi connectivity index (χ0n) is 17.3. The third-order valence-electron chi connectivity index (χ3n) is 4.48. The molecule has 4 rings (SSSR count). The molecule has 0 atom stereocenters. The number of benzene rings is 2. The maximum absolute atomic E-state index is 12.5. The van der Waals surface area contributed by atoms with E-state index in [1.54, 1.807) is 31.2 Å². The summed E-state index contributed by atoms with van der Waals surface area (Å²) in [5.41, 5.74) is 1.96. The van der Waals surface area contributed by atoms with Gasteiger partial charge < -0.3 is 10.1 Å². The van der Waals surface area contributed by atoms with Crippen LogP contribution < -0.4 is 5.32 Å². The van der Waals surface area contributed by atoms with E-state index >= 15 is 0 Å². The van der Waals surface area contributed by atoms with Crippen LogP contribution in [0.25, 0.3) is 11.4 Å². The van der Waals surface area contributed by atoms with Crippen molar-refractivity contribution in [1.29, 1.82) is 0 Å². The Morgan fingerprint density at radius 3 is 2.38 bits per heavy atom. The van der Waals surface area contributed by atoms with E-state index in [0.717, 1.165) is 5.56 Å². The molecule has 2 aromatic heterocycles. The molecule has 0 aliphatic carbocycles. The molecule has 0 saturated carbocycles. The summed E-state index contributed by atoms with van der Waals surface area (Å²) < 4.78 is 8.70. The molecule has 0 aliphatic rings. The lowest BCUT2D eigenvalue weighted by molar-refractivity contribution is -0.113. The number of amides is 1. The number of rotatable bonds is 8. The van der Waals surface area contributed by atoms with Gasteiger partial charge in [-0.2, -0.15) is 0 Å². The molecule has 0 saturated heterocycles. The minimum Gasteiger partial charge on any atom is -0.462 e. The lowest BCUT2D eigenvalue weighted by Crippen LogP contribution is -2.16. The maximum atomic E-state index is 12.5. The molecule has 0 aliphatic heterocycles. The van der Waals surface area contributed by atoms with Crippen molar-refractivity contribution >= 4 is 29.3 Å². The third kappa shape index (κ3) is 4.89. The fourth-order valence-corrected chi connectivity index (χ4v) is 3.75. The van der Waals surface area contributed by atoms with E-state index in [9.17, 15) is 9.59 Å². The smallest absolute Gasteiger partial charge is 0.338 e. The van der Waals surface area contributed by atoms with Crippen molar-refractivity contribution in [2.45, 2.75) is 12.1 Å². The third-order valence-corrected chi connectivity index (χ3v) is 5.40. The summed E-state index contributed by atoms with van der Waals surface area (Å²) in [4.78, 5) is 24.2. The summed E-state index contributed by atoms with van der Waals surface area (Å²) in [5, 5.41) is 12.1. The molecule has 162 valence electrons. The van der Waals surface area contributed by atoms with Crippen LogP contribution in [0, 0.1) is 0 Å². The van der Waals surface area contributed by atoms with Crippen molar-refractivity contribution < 1.29 is 14.3 Å². The first-order chi connectivity index (χ1) is 15.7. The number of esters is 1. The minimum atomic E-state index is -0.389. The molecule has 8 nitrogen and oxygen atoms in total. The SMILES string of the molecule is CCOC(=O)c1ccc(NC(=O)CSc2nnc(-c3ccccc3)n2-n2cccc2)cc1. The van der Waals surface area contributed by atoms with Gasteiger partial charge in [0.25, 0.3) is 0 Å². The van der Waals surface area contributed by atoms with Crippen LogP contribution in [0.1, 0.15) is 17.3 Å². The summed E-state index contributed by atoms with van der Waals surface area (Å²) in [5.74, 6) is 0.245. The number of anilines is 1. The van der Waals surface area contributed by atoms with Crippen LogP contribution in [-0.4, -0.2) is 43.8 Å². The Bertz CT molecular complexity index is 1190. The molecule has 0 fully saturated rings. The Morgan fingerprint density at radius 1 is 0.969 bits per heavy atom. The van der Waals surface area contributed by atoms with Crippen molar-refractivity contribution in [2.24, 2.45) is 0 Å². The van der Waals surface area contributed by atoms with Gasteiger partial charge >= 0.3 is 5.97 Å². The standard InChI is InChI=1S/C23H21N5O3S/c1-2-31-22(30)18-10-12-19(13-11-18)24-20(29)16-32-23-26-25-21(17-8-4-3-5-9-17)28(23)27-14-6-7-15-27/h3-15H,2,16H2,1H3,(H,24,29). The normalized spacial score (nSPS) is 10.7. The van der Waals surface area contributed by atoms with E-state index < -0.39 is 0 Å². The van der Waals surface area contributed by atoms with Gasteiger partial charge in [0, 0.05) is 23.6 Å². The monoisotopic (exact) mass is 447 g/mol. The number of hydrogen-bond donors (Lipinski definition) is 1. The highest BCUT2D eigenvalue weighted by atomic mass is 32.2. The van der Waals surface area contributed by atoms with E-state index in [0.29, 0.717) is 28.8 Å². The Morgan fingerprint density at radius 2 is 1.69 bits per heavy atom. The number of nitrogens with one attached hydrogen (secondary N) is 1. The van der Waals surface area contributed by atoms with Crippen LogP contribution in [0.4, 0.5) is 5.69 Å². The predicted molar refractivity (Wildman–Crippen MR) is 122 cm³/mol. The highest BCUT2D eigenvalue weighted by Gasteiger charge is 2.17. The first-order valence-corrected chi connectivity index (χ1v) is 11.0. The second-order valence-electron chi connectivity index (χ2n) is 6.68. The minimum absolute atomic E-state index is 0.147. The molecule has 1 N–H and O–H groups in total. The van der Waals surface area contributed by atoms with Crippen molar-refractivity contribution in [3.8, 4) is 11.4 Å². The highest BCUT2D eigenvalue weighted by molar-refractivity contribution is 7.99. The van der Waals surface area contributed by atoms with Gasteiger partial charge in [0.15, 0.2) is 5.82 Å². The van der Waals surface area contributed by atoms with E-state index in [-0.39, 0.29) is 17.6 Å². The second kappa shape index (κ2) is 9.97. The van der Waals surface area contributed by atoms with E-state index in [1.165, 1.54) is 11.8 Å². The average Bonchev–Trinajstić information content (AvgIpc) is 3.48. The molecule has 2 heterocycles. The van der Waals surface area contributed by atoms with E-state index in [2.05, 4.69) is 15.5 Å². The van der Waals surface area contributed by atoms with Crippen LogP contribution in [0.15, 0.2) is 84.3 Å². The molecule has 4 aromatic rings. The lowest BCUT2D eigenvalue weighted by Gasteiger charge is -2.11. The zero-order chi connectivity index (χ0) is 22.3. The largest absolute Gasteiger partial charge is 0.462 e. The van der Waals surface area contributed by atoms with Crippen molar-refractivity contribution in [2.75, 3.05) is 17.7 Å².